The smallest absolute Gasteiger partial charge is 0.231 e. The van der Waals surface area contributed by atoms with Crippen LogP contribution in [0.5, 0.6) is 11.5 Å². The minimum atomic E-state index is -0.00656. The maximum Gasteiger partial charge on any atom is 0.231 e. The SMILES string of the molecule is CCc1cc(-c2cccs2)ccc1Nc1cc2c(ncn2C)c(N(Cc2ccc(OC)cc2OC)C(=O)C2CC2)n1. The largest absolute Gasteiger partial charge is 0.497 e. The summed E-state index contributed by atoms with van der Waals surface area (Å²) in [5.74, 6) is 2.59. The van der Waals surface area contributed by atoms with E-state index in [0.717, 1.165) is 36.0 Å². The summed E-state index contributed by atoms with van der Waals surface area (Å²) in [7, 11) is 5.20. The fraction of sp³-hybridized carbons (Fsp3) is 0.281. The molecule has 1 aliphatic carbocycles. The molecule has 3 aromatic heterocycles. The first-order valence-corrected chi connectivity index (χ1v) is 14.6. The van der Waals surface area contributed by atoms with Crippen LogP contribution < -0.4 is 19.7 Å². The molecule has 1 amide bonds. The average molecular weight is 568 g/mol. The van der Waals surface area contributed by atoms with Crippen molar-refractivity contribution in [1.29, 1.82) is 0 Å². The molecule has 0 bridgehead atoms. The number of nitrogens with zero attached hydrogens (tertiary/aromatic N) is 4. The number of aryl methyl sites for hydroxylation is 2. The Balaban J connectivity index is 1.42. The molecule has 0 unspecified atom stereocenters. The normalized spacial score (nSPS) is 12.9. The third-order valence-corrected chi connectivity index (χ3v) is 8.44. The van der Waals surface area contributed by atoms with Gasteiger partial charge < -0.3 is 19.4 Å². The molecule has 0 saturated heterocycles. The van der Waals surface area contributed by atoms with Gasteiger partial charge in [-0.2, -0.15) is 0 Å². The molecule has 8 nitrogen and oxygen atoms in total. The first-order valence-electron chi connectivity index (χ1n) is 13.8. The van der Waals surface area contributed by atoms with Crippen LogP contribution in [0.1, 0.15) is 30.9 Å². The van der Waals surface area contributed by atoms with E-state index in [0.29, 0.717) is 35.2 Å². The summed E-state index contributed by atoms with van der Waals surface area (Å²) in [5, 5.41) is 5.65. The molecular weight excluding hydrogens is 534 g/mol. The monoisotopic (exact) mass is 567 g/mol. The lowest BCUT2D eigenvalue weighted by Crippen LogP contribution is -2.33. The Hall–Kier alpha value is -4.37. The van der Waals surface area contributed by atoms with Crippen molar-refractivity contribution in [2.45, 2.75) is 32.7 Å². The summed E-state index contributed by atoms with van der Waals surface area (Å²) < 4.78 is 13.0. The van der Waals surface area contributed by atoms with E-state index in [-0.39, 0.29) is 11.8 Å². The highest BCUT2D eigenvalue weighted by Crippen LogP contribution is 2.38. The van der Waals surface area contributed by atoms with Crippen LogP contribution in [-0.2, 0) is 24.8 Å². The maximum absolute atomic E-state index is 13.8. The molecule has 0 atom stereocenters. The molecule has 0 spiro atoms. The molecule has 210 valence electrons. The van der Waals surface area contributed by atoms with Crippen LogP contribution in [0.3, 0.4) is 0 Å². The van der Waals surface area contributed by atoms with Crippen molar-refractivity contribution in [3.05, 3.63) is 77.4 Å². The Morgan fingerprint density at radius 3 is 2.66 bits per heavy atom. The zero-order valence-electron chi connectivity index (χ0n) is 23.7. The predicted molar refractivity (Wildman–Crippen MR) is 164 cm³/mol. The second-order valence-electron chi connectivity index (χ2n) is 10.3. The number of carbonyl (C=O) groups is 1. The Morgan fingerprint density at radius 2 is 1.95 bits per heavy atom. The van der Waals surface area contributed by atoms with Crippen LogP contribution in [0, 0.1) is 5.92 Å². The highest BCUT2D eigenvalue weighted by Gasteiger charge is 2.36. The number of thiophene rings is 1. The third kappa shape index (κ3) is 5.37. The highest BCUT2D eigenvalue weighted by molar-refractivity contribution is 7.13. The van der Waals surface area contributed by atoms with Crippen molar-refractivity contribution in [1.82, 2.24) is 14.5 Å². The number of pyridine rings is 1. The molecule has 5 aromatic rings. The molecule has 9 heteroatoms. The zero-order chi connectivity index (χ0) is 28.5. The molecule has 1 fully saturated rings. The molecule has 1 N–H and O–H groups in total. The van der Waals surface area contributed by atoms with Gasteiger partial charge in [0, 0.05) is 41.2 Å². The number of methoxy groups -OCH3 is 2. The number of aromatic nitrogens is 3. The number of fused-ring (bicyclic) bond motifs is 1. The van der Waals surface area contributed by atoms with Gasteiger partial charge in [-0.05, 0) is 66.1 Å². The number of imidazole rings is 1. The van der Waals surface area contributed by atoms with Crippen LogP contribution in [0.4, 0.5) is 17.3 Å². The number of hydrogen-bond donors (Lipinski definition) is 1. The van der Waals surface area contributed by atoms with E-state index in [2.05, 4.69) is 52.9 Å². The Kier molecular flexibility index (Phi) is 7.36. The first kappa shape index (κ1) is 26.8. The molecule has 1 saturated carbocycles. The summed E-state index contributed by atoms with van der Waals surface area (Å²) >= 11 is 1.73. The molecular formula is C32H33N5O3S. The molecule has 3 heterocycles. The van der Waals surface area contributed by atoms with Gasteiger partial charge in [-0.3, -0.25) is 9.69 Å². The van der Waals surface area contributed by atoms with Gasteiger partial charge in [0.25, 0.3) is 0 Å². The van der Waals surface area contributed by atoms with Crippen LogP contribution in [0.15, 0.2) is 66.3 Å². The van der Waals surface area contributed by atoms with E-state index in [9.17, 15) is 4.79 Å². The second-order valence-corrected chi connectivity index (χ2v) is 11.2. The second kappa shape index (κ2) is 11.2. The van der Waals surface area contributed by atoms with Gasteiger partial charge >= 0.3 is 0 Å². The van der Waals surface area contributed by atoms with E-state index >= 15 is 0 Å². The molecule has 0 radical (unpaired) electrons. The van der Waals surface area contributed by atoms with Gasteiger partial charge in [-0.15, -0.1) is 11.3 Å². The van der Waals surface area contributed by atoms with Crippen LogP contribution >= 0.6 is 11.3 Å². The van der Waals surface area contributed by atoms with Crippen molar-refractivity contribution in [3.8, 4) is 21.9 Å². The van der Waals surface area contributed by atoms with Gasteiger partial charge in [-0.1, -0.05) is 19.1 Å². The number of anilines is 3. The summed E-state index contributed by atoms with van der Waals surface area (Å²) in [6, 6.07) is 18.3. The van der Waals surface area contributed by atoms with E-state index in [1.807, 2.05) is 35.9 Å². The zero-order valence-corrected chi connectivity index (χ0v) is 24.5. The standard InChI is InChI=1S/C32H33N5O3S/c1-5-20-15-22(28-7-6-14-41-28)11-13-25(20)34-29-17-26-30(33-19-36(26)2)31(35-29)37(32(38)21-8-9-21)18-23-10-12-24(39-3)16-27(23)40-4/h6-7,10-17,19,21H,5,8-9,18H2,1-4H3,(H,34,35). The van der Waals surface area contributed by atoms with Gasteiger partial charge in [0.15, 0.2) is 5.82 Å². The van der Waals surface area contributed by atoms with Crippen molar-refractivity contribution in [2.24, 2.45) is 13.0 Å². The lowest BCUT2D eigenvalue weighted by Gasteiger charge is -2.24. The Labute approximate surface area is 243 Å². The first-order chi connectivity index (χ1) is 20.0. The fourth-order valence-corrected chi connectivity index (χ4v) is 5.79. The van der Waals surface area contributed by atoms with Gasteiger partial charge in [-0.25, -0.2) is 9.97 Å². The number of hydrogen-bond acceptors (Lipinski definition) is 7. The molecule has 2 aromatic carbocycles. The van der Waals surface area contributed by atoms with Crippen molar-refractivity contribution < 1.29 is 14.3 Å². The fourth-order valence-electron chi connectivity index (χ4n) is 5.07. The van der Waals surface area contributed by atoms with Gasteiger partial charge in [0.1, 0.15) is 22.8 Å². The van der Waals surface area contributed by atoms with Gasteiger partial charge in [0.2, 0.25) is 5.91 Å². The lowest BCUT2D eigenvalue weighted by atomic mass is 10.1. The van der Waals surface area contributed by atoms with E-state index < -0.39 is 0 Å². The quantitative estimate of drug-likeness (QED) is 0.196. The molecule has 41 heavy (non-hydrogen) atoms. The van der Waals surface area contributed by atoms with E-state index in [4.69, 9.17) is 14.5 Å². The van der Waals surface area contributed by atoms with Crippen LogP contribution in [0.2, 0.25) is 0 Å². The minimum absolute atomic E-state index is 0.00656. The van der Waals surface area contributed by atoms with E-state index in [1.54, 1.807) is 36.8 Å². The lowest BCUT2D eigenvalue weighted by molar-refractivity contribution is -0.119. The number of benzene rings is 2. The highest BCUT2D eigenvalue weighted by atomic mass is 32.1. The predicted octanol–water partition coefficient (Wildman–Crippen LogP) is 6.96. The summed E-state index contributed by atoms with van der Waals surface area (Å²) in [5.41, 5.74) is 5.82. The van der Waals surface area contributed by atoms with Gasteiger partial charge in [0.05, 0.1) is 32.6 Å². The maximum atomic E-state index is 13.8. The summed E-state index contributed by atoms with van der Waals surface area (Å²) in [6.07, 6.45) is 4.40. The van der Waals surface area contributed by atoms with Crippen molar-refractivity contribution in [2.75, 3.05) is 24.4 Å². The van der Waals surface area contributed by atoms with Crippen LogP contribution in [0.25, 0.3) is 21.5 Å². The number of carbonyl (C=O) groups excluding carboxylic acids is 1. The molecule has 1 aliphatic rings. The molecule has 0 aliphatic heterocycles. The topological polar surface area (TPSA) is 81.5 Å². The summed E-state index contributed by atoms with van der Waals surface area (Å²) in [6.45, 7) is 2.46. The average Bonchev–Trinajstić information content (AvgIpc) is 3.58. The minimum Gasteiger partial charge on any atom is -0.497 e. The third-order valence-electron chi connectivity index (χ3n) is 7.52. The number of amides is 1. The van der Waals surface area contributed by atoms with Crippen molar-refractivity contribution >= 4 is 45.6 Å². The Bertz CT molecular complexity index is 1710. The number of rotatable bonds is 10. The Morgan fingerprint density at radius 1 is 1.10 bits per heavy atom. The van der Waals surface area contributed by atoms with E-state index in [1.165, 1.54) is 16.0 Å². The van der Waals surface area contributed by atoms with Crippen LogP contribution in [-0.4, -0.2) is 34.7 Å². The number of nitrogens with one attached hydrogen (secondary N) is 1. The summed E-state index contributed by atoms with van der Waals surface area (Å²) in [4.78, 5) is 26.5. The van der Waals surface area contributed by atoms with Crippen molar-refractivity contribution in [3.63, 3.8) is 0 Å². The number of ether oxygens (including phenoxy) is 2. The molecule has 6 rings (SSSR count).